The van der Waals surface area contributed by atoms with E-state index in [0.717, 1.165) is 25.7 Å². The van der Waals surface area contributed by atoms with Crippen LogP contribution in [0.25, 0.3) is 0 Å². The van der Waals surface area contributed by atoms with E-state index in [4.69, 9.17) is 27.4 Å². The molecule has 7 heteroatoms. The minimum absolute atomic E-state index is 0.120. The van der Waals surface area contributed by atoms with Crippen LogP contribution in [-0.4, -0.2) is 28.8 Å². The summed E-state index contributed by atoms with van der Waals surface area (Å²) in [5, 5.41) is 2.94. The van der Waals surface area contributed by atoms with Gasteiger partial charge in [0.25, 0.3) is 0 Å². The molecule has 112 valence electrons. The second-order valence-electron chi connectivity index (χ2n) is 4.27. The number of aryl methyl sites for hydroxylation is 1. The van der Waals surface area contributed by atoms with Gasteiger partial charge in [0.15, 0.2) is 10.8 Å². The summed E-state index contributed by atoms with van der Waals surface area (Å²) in [4.78, 5) is 8.78. The van der Waals surface area contributed by atoms with Crippen LogP contribution >= 0.6 is 12.2 Å². The van der Waals surface area contributed by atoms with Gasteiger partial charge in [-0.2, -0.15) is 9.97 Å². The minimum Gasteiger partial charge on any atom is -0.479 e. The van der Waals surface area contributed by atoms with Gasteiger partial charge in [-0.15, -0.1) is 0 Å². The molecule has 0 spiro atoms. The topological polar surface area (TPSA) is 82.3 Å². The van der Waals surface area contributed by atoms with E-state index in [9.17, 15) is 0 Å². The highest BCUT2D eigenvalue weighted by atomic mass is 32.1. The zero-order chi connectivity index (χ0) is 15.0. The second-order valence-corrected chi connectivity index (χ2v) is 4.71. The highest BCUT2D eigenvalue weighted by Gasteiger charge is 2.17. The third kappa shape index (κ3) is 4.80. The van der Waals surface area contributed by atoms with Crippen molar-refractivity contribution in [3.8, 4) is 11.8 Å². The number of nitrogens with zero attached hydrogens (tertiary/aromatic N) is 2. The summed E-state index contributed by atoms with van der Waals surface area (Å²) >= 11 is 4.86. The fourth-order valence-corrected chi connectivity index (χ4v) is 1.69. The average Bonchev–Trinajstić information content (AvgIpc) is 2.43. The van der Waals surface area contributed by atoms with Gasteiger partial charge in [0, 0.05) is 6.42 Å². The van der Waals surface area contributed by atoms with Gasteiger partial charge in [-0.3, -0.25) is 0 Å². The first kappa shape index (κ1) is 16.4. The maximum Gasteiger partial charge on any atom is 0.245 e. The van der Waals surface area contributed by atoms with Crippen molar-refractivity contribution in [3.05, 3.63) is 5.82 Å². The lowest BCUT2D eigenvalue weighted by Gasteiger charge is -2.15. The lowest BCUT2D eigenvalue weighted by Crippen LogP contribution is -2.21. The molecule has 20 heavy (non-hydrogen) atoms. The molecule has 1 rings (SSSR count). The lowest BCUT2D eigenvalue weighted by molar-refractivity contribution is 0.301. The molecule has 0 atom stereocenters. The molecule has 0 aliphatic carbocycles. The highest BCUT2D eigenvalue weighted by Crippen LogP contribution is 2.31. The fraction of sp³-hybridized carbons (Fsp3) is 0.615. The number of thiocarbonyl (C=S) groups is 1. The lowest BCUT2D eigenvalue weighted by atomic mass is 10.2. The Balaban J connectivity index is 3.12. The largest absolute Gasteiger partial charge is 0.479 e. The molecular weight excluding hydrogens is 276 g/mol. The molecule has 0 amide bonds. The van der Waals surface area contributed by atoms with Crippen molar-refractivity contribution < 1.29 is 9.47 Å². The van der Waals surface area contributed by atoms with Gasteiger partial charge in [0.2, 0.25) is 11.8 Å². The van der Waals surface area contributed by atoms with E-state index in [0.29, 0.717) is 29.9 Å². The van der Waals surface area contributed by atoms with Crippen LogP contribution in [0.4, 0.5) is 5.69 Å². The van der Waals surface area contributed by atoms with Gasteiger partial charge >= 0.3 is 0 Å². The summed E-state index contributed by atoms with van der Waals surface area (Å²) in [6, 6.07) is 0. The molecule has 6 nitrogen and oxygen atoms in total. The number of methoxy groups -OCH3 is 1. The van der Waals surface area contributed by atoms with Crippen molar-refractivity contribution in [1.82, 2.24) is 9.97 Å². The molecule has 0 bridgehead atoms. The molecule has 3 N–H and O–H groups in total. The van der Waals surface area contributed by atoms with Crippen molar-refractivity contribution in [2.75, 3.05) is 19.0 Å². The number of hydrogen-bond donors (Lipinski definition) is 2. The summed E-state index contributed by atoms with van der Waals surface area (Å²) in [5.41, 5.74) is 6.00. The van der Waals surface area contributed by atoms with Gasteiger partial charge in [-0.05, 0) is 25.1 Å². The number of aromatic nitrogens is 2. The smallest absolute Gasteiger partial charge is 0.245 e. The van der Waals surface area contributed by atoms with Crippen LogP contribution in [0, 0.1) is 0 Å². The van der Waals surface area contributed by atoms with Crippen molar-refractivity contribution in [3.63, 3.8) is 0 Å². The quantitative estimate of drug-likeness (QED) is 0.712. The molecule has 0 saturated heterocycles. The fourth-order valence-electron chi connectivity index (χ4n) is 1.59. The van der Waals surface area contributed by atoms with Gasteiger partial charge in [-0.1, -0.05) is 20.3 Å². The summed E-state index contributed by atoms with van der Waals surface area (Å²) < 4.78 is 10.9. The normalized spacial score (nSPS) is 10.2. The third-order valence-electron chi connectivity index (χ3n) is 2.53. The predicted molar refractivity (Wildman–Crippen MR) is 83.4 cm³/mol. The Bertz CT molecular complexity index is 454. The maximum absolute atomic E-state index is 5.64. The molecule has 0 aliphatic rings. The van der Waals surface area contributed by atoms with Crippen LogP contribution in [0.5, 0.6) is 11.8 Å². The monoisotopic (exact) mass is 298 g/mol. The van der Waals surface area contributed by atoms with Crippen LogP contribution in [0.1, 0.15) is 38.9 Å². The number of nitrogens with one attached hydrogen (secondary N) is 1. The van der Waals surface area contributed by atoms with Gasteiger partial charge in [0.1, 0.15) is 5.82 Å². The van der Waals surface area contributed by atoms with Gasteiger partial charge < -0.3 is 20.5 Å². The molecular formula is C13H22N4O2S. The standard InChI is InChI=1S/C13H22N4O2S/c1-4-6-7-9-15-11(18-3)10(17-13(14)20)12(16-9)19-8-5-2/h4-8H2,1-3H3,(H3,14,17,20). The third-order valence-corrected chi connectivity index (χ3v) is 2.63. The first-order chi connectivity index (χ1) is 9.62. The second kappa shape index (κ2) is 8.52. The van der Waals surface area contributed by atoms with Crippen molar-refractivity contribution in [2.45, 2.75) is 39.5 Å². The molecule has 1 heterocycles. The Morgan fingerprint density at radius 2 is 1.95 bits per heavy atom. The van der Waals surface area contributed by atoms with Crippen molar-refractivity contribution >= 4 is 23.0 Å². The summed E-state index contributed by atoms with van der Waals surface area (Å²) in [6.45, 7) is 4.70. The Morgan fingerprint density at radius 3 is 2.50 bits per heavy atom. The number of anilines is 1. The highest BCUT2D eigenvalue weighted by molar-refractivity contribution is 7.80. The van der Waals surface area contributed by atoms with Crippen LogP contribution in [0.3, 0.4) is 0 Å². The Morgan fingerprint density at radius 1 is 1.25 bits per heavy atom. The van der Waals surface area contributed by atoms with Crippen LogP contribution in [0.2, 0.25) is 0 Å². The van der Waals surface area contributed by atoms with E-state index < -0.39 is 0 Å². The number of rotatable bonds is 8. The summed E-state index contributed by atoms with van der Waals surface area (Å²) in [5.74, 6) is 1.52. The van der Waals surface area contributed by atoms with Crippen molar-refractivity contribution in [1.29, 1.82) is 0 Å². The molecule has 1 aromatic rings. The Kier molecular flexibility index (Phi) is 7.00. The molecule has 0 radical (unpaired) electrons. The zero-order valence-electron chi connectivity index (χ0n) is 12.2. The molecule has 0 saturated carbocycles. The van der Waals surface area contributed by atoms with Gasteiger partial charge in [-0.25, -0.2) is 0 Å². The van der Waals surface area contributed by atoms with E-state index in [2.05, 4.69) is 22.2 Å². The van der Waals surface area contributed by atoms with E-state index in [1.807, 2.05) is 6.92 Å². The summed E-state index contributed by atoms with van der Waals surface area (Å²) in [6.07, 6.45) is 3.74. The molecule has 0 aromatic carbocycles. The van der Waals surface area contributed by atoms with E-state index in [-0.39, 0.29) is 5.11 Å². The first-order valence-corrected chi connectivity index (χ1v) is 7.17. The van der Waals surface area contributed by atoms with E-state index >= 15 is 0 Å². The SMILES string of the molecule is CCCCc1nc(OC)c(NC(N)=S)c(OCCC)n1. The number of ether oxygens (including phenoxy) is 2. The molecule has 0 aliphatic heterocycles. The zero-order valence-corrected chi connectivity index (χ0v) is 13.0. The number of unbranched alkanes of at least 4 members (excludes halogenated alkanes) is 1. The number of nitrogens with two attached hydrogens (primary N) is 1. The van der Waals surface area contributed by atoms with Crippen LogP contribution in [-0.2, 0) is 6.42 Å². The van der Waals surface area contributed by atoms with E-state index in [1.165, 1.54) is 0 Å². The summed E-state index contributed by atoms with van der Waals surface area (Å²) in [7, 11) is 1.54. The maximum atomic E-state index is 5.64. The van der Waals surface area contributed by atoms with Crippen molar-refractivity contribution in [2.24, 2.45) is 5.73 Å². The predicted octanol–water partition coefficient (Wildman–Crippen LogP) is 2.27. The molecule has 0 unspecified atom stereocenters. The van der Waals surface area contributed by atoms with Crippen LogP contribution in [0.15, 0.2) is 0 Å². The number of hydrogen-bond acceptors (Lipinski definition) is 5. The molecule has 1 aromatic heterocycles. The van der Waals surface area contributed by atoms with E-state index in [1.54, 1.807) is 7.11 Å². The Hall–Kier alpha value is -1.63. The Labute approximate surface area is 125 Å². The van der Waals surface area contributed by atoms with Gasteiger partial charge in [0.05, 0.1) is 13.7 Å². The average molecular weight is 298 g/mol. The minimum atomic E-state index is 0.120. The van der Waals surface area contributed by atoms with Crippen LogP contribution < -0.4 is 20.5 Å². The first-order valence-electron chi connectivity index (χ1n) is 6.76. The molecule has 0 fully saturated rings.